The molecule has 1 aliphatic heterocycles. The highest BCUT2D eigenvalue weighted by Crippen LogP contribution is 2.24. The minimum absolute atomic E-state index is 0.0113. The second kappa shape index (κ2) is 36.7. The minimum atomic E-state index is -1.78. The highest BCUT2D eigenvalue weighted by atomic mass is 32.2. The van der Waals surface area contributed by atoms with Gasteiger partial charge in [0.05, 0.1) is 36.9 Å². The number of carbonyl (C=O) groups excluding carboxylic acids is 9. The number of aliphatic carboxylic acids is 1. The summed E-state index contributed by atoms with van der Waals surface area (Å²) in [5, 5.41) is 36.7. The van der Waals surface area contributed by atoms with E-state index in [4.69, 9.17) is 10.5 Å². The van der Waals surface area contributed by atoms with E-state index >= 15 is 9.59 Å². The number of fused-ring (bicyclic) bond motifs is 1. The number of halogens is 3. The number of aldehydes is 1. The maximum atomic E-state index is 15.2. The smallest absolute Gasteiger partial charge is 0.305 e. The third kappa shape index (κ3) is 22.1. The molecule has 6 rings (SSSR count). The lowest BCUT2D eigenvalue weighted by atomic mass is 9.98. The van der Waals surface area contributed by atoms with Crippen molar-refractivity contribution in [3.05, 3.63) is 137 Å². The van der Waals surface area contributed by atoms with Crippen molar-refractivity contribution in [1.82, 2.24) is 51.6 Å². The predicted octanol–water partition coefficient (Wildman–Crippen LogP) is 3.06. The van der Waals surface area contributed by atoms with Crippen molar-refractivity contribution in [2.75, 3.05) is 59.0 Å². The van der Waals surface area contributed by atoms with Gasteiger partial charge in [0.25, 0.3) is 0 Å². The fourth-order valence-corrected chi connectivity index (χ4v) is 12.0. The molecule has 1 fully saturated rings. The number of nitrogens with two attached hydrogens (primary N) is 1. The molecule has 5 aromatic rings. The molecule has 1 aliphatic rings. The second-order valence-electron chi connectivity index (χ2n) is 24.0. The topological polar surface area (TPSA) is 344 Å². The third-order valence-corrected chi connectivity index (χ3v) is 17.3. The normalized spacial score (nSPS) is 15.6. The number of hydrogen-bond acceptors (Lipinski definition) is 15. The fraction of sp³-hybridized carbons (Fsp3) is 0.463. The van der Waals surface area contributed by atoms with Crippen LogP contribution >= 0.6 is 11.8 Å². The van der Waals surface area contributed by atoms with E-state index in [1.165, 1.54) is 43.1 Å². The van der Waals surface area contributed by atoms with E-state index in [1.54, 1.807) is 48.7 Å². The number of phenols is 1. The lowest BCUT2D eigenvalue weighted by Gasteiger charge is -2.41. The average Bonchev–Trinajstić information content (AvgIpc) is 1.68. The molecule has 1 aromatic heterocycles. The first-order valence-corrected chi connectivity index (χ1v) is 32.5. The summed E-state index contributed by atoms with van der Waals surface area (Å²) >= 11 is 1.00. The summed E-state index contributed by atoms with van der Waals surface area (Å²) in [6.07, 6.45) is 1.90. The van der Waals surface area contributed by atoms with Crippen LogP contribution in [-0.4, -0.2) is 203 Å². The van der Waals surface area contributed by atoms with Gasteiger partial charge in [0.2, 0.25) is 47.3 Å². The Kier molecular flexibility index (Phi) is 29.0. The Balaban J connectivity index is 1.19. The first-order chi connectivity index (χ1) is 45.3. The van der Waals surface area contributed by atoms with Crippen LogP contribution in [0.2, 0.25) is 0 Å². The van der Waals surface area contributed by atoms with E-state index in [0.29, 0.717) is 36.1 Å². The lowest BCUT2D eigenvalue weighted by Crippen LogP contribution is -2.64. The first-order valence-electron chi connectivity index (χ1n) is 31.4. The summed E-state index contributed by atoms with van der Waals surface area (Å²) in [6, 6.07) is 12.2. The summed E-state index contributed by atoms with van der Waals surface area (Å²) in [6.45, 7) is 5.63. The Morgan fingerprint density at radius 2 is 1.40 bits per heavy atom. The number of likely N-dealkylation sites (N-methyl/N-ethyl adjacent to an activating group) is 2. The Morgan fingerprint density at radius 3 is 2.05 bits per heavy atom. The van der Waals surface area contributed by atoms with Gasteiger partial charge in [-0.05, 0) is 77.8 Å². The van der Waals surface area contributed by atoms with Gasteiger partial charge in [-0.25, -0.2) is 13.2 Å². The number of rotatable bonds is 36. The number of H-pyrrole nitrogens is 1. The number of unbranched alkanes of at least 4 members (excludes halogenated alkanes) is 1. The van der Waals surface area contributed by atoms with Crippen LogP contribution in [0.1, 0.15) is 75.1 Å². The number of aromatic hydroxyl groups is 1. The number of carboxylic acids is 1. The van der Waals surface area contributed by atoms with Gasteiger partial charge in [-0.2, -0.15) is 0 Å². The molecule has 8 amide bonds. The Bertz CT molecular complexity index is 3440. The first kappa shape index (κ1) is 75.2. The van der Waals surface area contributed by atoms with E-state index < -0.39 is 138 Å². The Hall–Kier alpha value is -8.86. The number of nitrogens with zero attached hydrogens (tertiary/aromatic N) is 3. The summed E-state index contributed by atoms with van der Waals surface area (Å²) in [4.78, 5) is 145. The van der Waals surface area contributed by atoms with E-state index in [9.17, 15) is 61.7 Å². The van der Waals surface area contributed by atoms with Crippen molar-refractivity contribution in [1.29, 1.82) is 0 Å². The molecule has 0 radical (unpaired) electrons. The van der Waals surface area contributed by atoms with Crippen LogP contribution in [0.15, 0.2) is 97.2 Å². The fourth-order valence-electron chi connectivity index (χ4n) is 11.2. The molecule has 24 nitrogen and oxygen atoms in total. The highest BCUT2D eigenvalue weighted by molar-refractivity contribution is 8.00. The van der Waals surface area contributed by atoms with Crippen molar-refractivity contribution in [2.24, 2.45) is 11.7 Å². The number of amides is 8. The number of methoxy groups -OCH3 is 1. The van der Waals surface area contributed by atoms with Gasteiger partial charge in [0.1, 0.15) is 48.3 Å². The molecular weight excluding hydrogens is 1260 g/mol. The van der Waals surface area contributed by atoms with Crippen LogP contribution in [0.5, 0.6) is 5.75 Å². The highest BCUT2D eigenvalue weighted by Gasteiger charge is 2.42. The zero-order valence-electron chi connectivity index (χ0n) is 54.0. The maximum absolute atomic E-state index is 15.2. The monoisotopic (exact) mass is 1340 g/mol. The van der Waals surface area contributed by atoms with Gasteiger partial charge in [0, 0.05) is 83.0 Å². The van der Waals surface area contributed by atoms with E-state index in [0.717, 1.165) is 33.1 Å². The van der Waals surface area contributed by atoms with Crippen molar-refractivity contribution in [3.63, 3.8) is 0 Å². The number of carboxylic acid groups (broad SMARTS) is 1. The van der Waals surface area contributed by atoms with Gasteiger partial charge in [-0.15, -0.1) is 11.8 Å². The minimum Gasteiger partial charge on any atom is -0.508 e. The zero-order chi connectivity index (χ0) is 69.5. The van der Waals surface area contributed by atoms with Crippen LogP contribution in [0.3, 0.4) is 0 Å². The largest absolute Gasteiger partial charge is 0.508 e. The summed E-state index contributed by atoms with van der Waals surface area (Å²) in [5.41, 5.74) is 8.99. The molecule has 2 heterocycles. The van der Waals surface area contributed by atoms with Crippen LogP contribution in [0, 0.1) is 23.4 Å². The number of benzene rings is 4. The van der Waals surface area contributed by atoms with E-state index in [-0.39, 0.29) is 93.4 Å². The van der Waals surface area contributed by atoms with Gasteiger partial charge in [0.15, 0.2) is 17.5 Å². The molecule has 9 atom stereocenters. The molecule has 28 heteroatoms. The average molecular weight is 1340 g/mol. The van der Waals surface area contributed by atoms with Crippen molar-refractivity contribution in [2.45, 2.75) is 133 Å². The summed E-state index contributed by atoms with van der Waals surface area (Å²) in [7, 11) is 4.04. The molecule has 1 saturated heterocycles. The number of aromatic nitrogens is 1. The number of ether oxygens (including phenoxy) is 1. The number of nitrogens with one attached hydrogen (secondary N) is 7. The van der Waals surface area contributed by atoms with Gasteiger partial charge >= 0.3 is 5.97 Å². The molecule has 0 bridgehead atoms. The molecule has 0 saturated carbocycles. The molecule has 0 unspecified atom stereocenters. The third-order valence-electron chi connectivity index (χ3n) is 16.2. The molecule has 0 spiro atoms. The van der Waals surface area contributed by atoms with Crippen molar-refractivity contribution in [3.8, 4) is 5.75 Å². The molecule has 95 heavy (non-hydrogen) atoms. The van der Waals surface area contributed by atoms with Crippen LogP contribution in [0.25, 0.3) is 10.9 Å². The number of para-hydroxylation sites is 1. The molecule has 514 valence electrons. The number of aromatic amines is 1. The Morgan fingerprint density at radius 1 is 0.768 bits per heavy atom. The molecule has 4 aromatic carbocycles. The number of piperazine rings is 1. The number of phenolic OH excluding ortho intramolecular Hbond substituents is 1. The summed E-state index contributed by atoms with van der Waals surface area (Å²) in [5.74, 6) is -12.7. The van der Waals surface area contributed by atoms with E-state index in [1.807, 2.05) is 45.0 Å². The molecular formula is C67H86F3N11O13S. The van der Waals surface area contributed by atoms with Gasteiger partial charge in [-0.1, -0.05) is 94.3 Å². The van der Waals surface area contributed by atoms with Crippen LogP contribution < -0.4 is 37.6 Å². The number of thioether (sulfide) groups is 1. The molecule has 0 aliphatic carbocycles. The second-order valence-corrected chi connectivity index (χ2v) is 25.1. The lowest BCUT2D eigenvalue weighted by molar-refractivity contribution is -0.153. The standard InChI is InChI=1S/C67H86F3N11O13S/c1-7-8-18-55(67(93)81-24-23-72-34-57(81)64(90)74-44(35-82)32-59(85)86)79(4)66(92)56(30-40-14-10-9-11-15-40)80(5)65(91)54(29-42-26-48(68)60(70)49(69)27-42)76-58(84)38-95-37-45(36-94-6)75-62(88)52(25-39(2)3)78-63(89)53(28-41-19-21-46(83)22-20-41)77-61(87)50(71)31-43-33-73-51-17-13-12-16-47(43)51/h9-17,19-22,26-27,33,35,39,44-45,50,52-57,72-73,83H,7-8,18,23-25,28-32,34,36-38,71H2,1-6H3,(H,74,90)(H,75,88)(H,76,84)(H,77,87)(H,78,89)(H,85,86)/t44-,45+,50-,52-,53-,54-,55-,56-,57+/m0/s1. The van der Waals surface area contributed by atoms with Gasteiger partial charge < -0.3 is 77.1 Å². The Labute approximate surface area is 553 Å². The predicted molar refractivity (Wildman–Crippen MR) is 350 cm³/mol. The SMILES string of the molecule is CCCC[C@@H](C(=O)N1CCNC[C@@H]1C(=O)N[C@H](C=O)CC(=O)O)N(C)C(=O)[C@H](Cc1ccccc1)N(C)C(=O)[C@H](Cc1cc(F)c(F)c(F)c1)NC(=O)CSC[C@@H](COC)NC(=O)[C@H](CC(C)C)NC(=O)[C@H](Cc1ccc(O)cc1)NC(=O)[C@@H](N)Cc1c[nH]c2ccccc12. The van der Waals surface area contributed by atoms with Crippen molar-refractivity contribution >= 4 is 82.2 Å². The molecule has 11 N–H and O–H groups in total. The zero-order valence-corrected chi connectivity index (χ0v) is 54.9. The van der Waals surface area contributed by atoms with Gasteiger partial charge in [-0.3, -0.25) is 43.2 Å². The quantitative estimate of drug-likeness (QED) is 0.0204. The summed E-state index contributed by atoms with van der Waals surface area (Å²) < 4.78 is 49.5. The number of carbonyl (C=O) groups is 10. The number of hydrogen-bond donors (Lipinski definition) is 10. The van der Waals surface area contributed by atoms with Crippen LogP contribution in [-0.2, 0) is 78.4 Å². The maximum Gasteiger partial charge on any atom is 0.305 e. The van der Waals surface area contributed by atoms with Crippen molar-refractivity contribution < 1.29 is 76.1 Å². The van der Waals surface area contributed by atoms with Crippen LogP contribution in [0.4, 0.5) is 13.2 Å². The van der Waals surface area contributed by atoms with E-state index in [2.05, 4.69) is 36.9 Å².